The van der Waals surface area contributed by atoms with E-state index in [0.29, 0.717) is 18.8 Å². The number of aromatic nitrogens is 1. The molecule has 1 aromatic heterocycles. The summed E-state index contributed by atoms with van der Waals surface area (Å²) in [5, 5.41) is 3.06. The average molecular weight is 348 g/mol. The molecule has 1 aromatic carbocycles. The fraction of sp³-hybridized carbons (Fsp3) is 0.412. The van der Waals surface area contributed by atoms with Crippen LogP contribution in [-0.4, -0.2) is 35.7 Å². The number of carbonyl (C=O) groups excluding carboxylic acids is 1. The number of ether oxygens (including phenoxy) is 2. The van der Waals surface area contributed by atoms with Crippen molar-refractivity contribution in [2.75, 3.05) is 19.9 Å². The SMILES string of the molecule is Cc1csc(C2CCCN(C(=O)c3c(F)ccc4c3OCO4)C2)n1. The molecule has 1 amide bonds. The van der Waals surface area contributed by atoms with E-state index in [1.807, 2.05) is 12.3 Å². The highest BCUT2D eigenvalue weighted by Gasteiger charge is 2.32. The van der Waals surface area contributed by atoms with Crippen LogP contribution in [0.4, 0.5) is 4.39 Å². The molecule has 4 rings (SSSR count). The number of piperidine rings is 1. The Bertz CT molecular complexity index is 792. The van der Waals surface area contributed by atoms with Gasteiger partial charge in [-0.25, -0.2) is 9.37 Å². The van der Waals surface area contributed by atoms with Crippen molar-refractivity contribution in [3.63, 3.8) is 0 Å². The molecule has 0 saturated carbocycles. The van der Waals surface area contributed by atoms with Crippen molar-refractivity contribution >= 4 is 17.2 Å². The first-order valence-corrected chi connectivity index (χ1v) is 8.81. The summed E-state index contributed by atoms with van der Waals surface area (Å²) >= 11 is 1.62. The number of thiazole rings is 1. The Morgan fingerprint density at radius 2 is 2.29 bits per heavy atom. The third kappa shape index (κ3) is 2.62. The lowest BCUT2D eigenvalue weighted by Crippen LogP contribution is -2.39. The summed E-state index contributed by atoms with van der Waals surface area (Å²) in [6.45, 7) is 3.14. The Morgan fingerprint density at radius 3 is 3.08 bits per heavy atom. The highest BCUT2D eigenvalue weighted by Crippen LogP contribution is 2.38. The van der Waals surface area contributed by atoms with Crippen LogP contribution in [-0.2, 0) is 0 Å². The van der Waals surface area contributed by atoms with Gasteiger partial charge in [0.15, 0.2) is 11.5 Å². The van der Waals surface area contributed by atoms with Gasteiger partial charge in [0.25, 0.3) is 5.91 Å². The Balaban J connectivity index is 1.60. The summed E-state index contributed by atoms with van der Waals surface area (Å²) in [5.41, 5.74) is 0.969. The van der Waals surface area contributed by atoms with Gasteiger partial charge in [-0.05, 0) is 31.9 Å². The normalized spacial score (nSPS) is 19.6. The number of halogens is 1. The van der Waals surface area contributed by atoms with E-state index in [4.69, 9.17) is 9.47 Å². The van der Waals surface area contributed by atoms with Crippen LogP contribution in [0.1, 0.15) is 39.8 Å². The number of benzene rings is 1. The zero-order valence-corrected chi connectivity index (χ0v) is 14.1. The molecular formula is C17H17FN2O3S. The van der Waals surface area contributed by atoms with E-state index in [1.165, 1.54) is 12.1 Å². The Hall–Kier alpha value is -2.15. The van der Waals surface area contributed by atoms with Gasteiger partial charge in [-0.1, -0.05) is 0 Å². The van der Waals surface area contributed by atoms with Crippen LogP contribution in [0.5, 0.6) is 11.5 Å². The monoisotopic (exact) mass is 348 g/mol. The van der Waals surface area contributed by atoms with Gasteiger partial charge in [0, 0.05) is 30.1 Å². The standard InChI is InChI=1S/C17H17FN2O3S/c1-10-8-24-16(19-10)11-3-2-6-20(7-11)17(21)14-12(18)4-5-13-15(14)23-9-22-13/h4-5,8,11H,2-3,6-7,9H2,1H3. The minimum absolute atomic E-state index is 0.0140. The minimum atomic E-state index is -0.573. The van der Waals surface area contributed by atoms with Gasteiger partial charge in [0.2, 0.25) is 6.79 Å². The van der Waals surface area contributed by atoms with Gasteiger partial charge in [-0.3, -0.25) is 4.79 Å². The summed E-state index contributed by atoms with van der Waals surface area (Å²) < 4.78 is 24.9. The van der Waals surface area contributed by atoms with E-state index < -0.39 is 5.82 Å². The fourth-order valence-corrected chi connectivity index (χ4v) is 4.15. The smallest absolute Gasteiger partial charge is 0.260 e. The molecule has 2 aliphatic heterocycles. The van der Waals surface area contributed by atoms with Gasteiger partial charge in [-0.2, -0.15) is 0 Å². The first-order chi connectivity index (χ1) is 11.6. The van der Waals surface area contributed by atoms with Gasteiger partial charge < -0.3 is 14.4 Å². The number of nitrogens with zero attached hydrogens (tertiary/aromatic N) is 2. The predicted octanol–water partition coefficient (Wildman–Crippen LogP) is 3.34. The highest BCUT2D eigenvalue weighted by molar-refractivity contribution is 7.09. The molecule has 3 heterocycles. The van der Waals surface area contributed by atoms with E-state index in [9.17, 15) is 9.18 Å². The van der Waals surface area contributed by atoms with Crippen LogP contribution in [0.3, 0.4) is 0 Å². The maximum absolute atomic E-state index is 14.3. The second kappa shape index (κ2) is 6.05. The average Bonchev–Trinajstić information content (AvgIpc) is 3.23. The van der Waals surface area contributed by atoms with Gasteiger partial charge >= 0.3 is 0 Å². The molecule has 7 heteroatoms. The Kier molecular flexibility index (Phi) is 3.88. The third-order valence-corrected chi connectivity index (χ3v) is 5.52. The quantitative estimate of drug-likeness (QED) is 0.835. The summed E-state index contributed by atoms with van der Waals surface area (Å²) in [6.07, 6.45) is 1.87. The van der Waals surface area contributed by atoms with E-state index in [1.54, 1.807) is 16.2 Å². The zero-order chi connectivity index (χ0) is 16.7. The van der Waals surface area contributed by atoms with E-state index in [2.05, 4.69) is 4.98 Å². The van der Waals surface area contributed by atoms with Crippen LogP contribution in [0, 0.1) is 12.7 Å². The summed E-state index contributed by atoms with van der Waals surface area (Å²) in [7, 11) is 0. The Labute approximate surface area is 143 Å². The molecule has 0 aliphatic carbocycles. The first kappa shape index (κ1) is 15.4. The molecule has 1 unspecified atom stereocenters. The molecule has 1 saturated heterocycles. The topological polar surface area (TPSA) is 51.7 Å². The molecule has 5 nitrogen and oxygen atoms in total. The maximum Gasteiger partial charge on any atom is 0.260 e. The number of rotatable bonds is 2. The van der Waals surface area contributed by atoms with Gasteiger partial charge in [0.05, 0.1) is 5.01 Å². The third-order valence-electron chi connectivity index (χ3n) is 4.40. The summed E-state index contributed by atoms with van der Waals surface area (Å²) in [5.74, 6) is -0.0706. The van der Waals surface area contributed by atoms with Crippen molar-refractivity contribution < 1.29 is 18.7 Å². The van der Waals surface area contributed by atoms with Crippen molar-refractivity contribution in [2.45, 2.75) is 25.7 Å². The number of hydrogen-bond donors (Lipinski definition) is 0. The van der Waals surface area contributed by atoms with Crippen LogP contribution in [0.2, 0.25) is 0 Å². The molecule has 0 N–H and O–H groups in total. The largest absolute Gasteiger partial charge is 0.454 e. The van der Waals surface area contributed by atoms with Crippen molar-refractivity contribution in [3.05, 3.63) is 39.6 Å². The van der Waals surface area contributed by atoms with Gasteiger partial charge in [-0.15, -0.1) is 11.3 Å². The lowest BCUT2D eigenvalue weighted by atomic mass is 9.97. The first-order valence-electron chi connectivity index (χ1n) is 7.93. The van der Waals surface area contributed by atoms with Gasteiger partial charge in [0.1, 0.15) is 11.4 Å². The maximum atomic E-state index is 14.3. The summed E-state index contributed by atoms with van der Waals surface area (Å²) in [4.78, 5) is 19.1. The van der Waals surface area contributed by atoms with E-state index in [0.717, 1.165) is 23.5 Å². The lowest BCUT2D eigenvalue weighted by Gasteiger charge is -2.32. The molecule has 0 radical (unpaired) electrons. The van der Waals surface area contributed by atoms with Crippen LogP contribution in [0.15, 0.2) is 17.5 Å². The van der Waals surface area contributed by atoms with Crippen molar-refractivity contribution in [3.8, 4) is 11.5 Å². The fourth-order valence-electron chi connectivity index (χ4n) is 3.23. The molecule has 2 aliphatic rings. The molecule has 1 atom stereocenters. The molecule has 1 fully saturated rings. The molecule has 0 spiro atoms. The second-order valence-corrected chi connectivity index (χ2v) is 6.96. The number of carbonyl (C=O) groups is 1. The summed E-state index contributed by atoms with van der Waals surface area (Å²) in [6, 6.07) is 2.75. The molecule has 126 valence electrons. The number of hydrogen-bond acceptors (Lipinski definition) is 5. The van der Waals surface area contributed by atoms with Crippen molar-refractivity contribution in [2.24, 2.45) is 0 Å². The second-order valence-electron chi connectivity index (χ2n) is 6.07. The van der Waals surface area contributed by atoms with E-state index >= 15 is 0 Å². The number of aryl methyl sites for hydroxylation is 1. The number of fused-ring (bicyclic) bond motifs is 1. The molecular weight excluding hydrogens is 331 g/mol. The van der Waals surface area contributed by atoms with Crippen molar-refractivity contribution in [1.29, 1.82) is 0 Å². The molecule has 2 aromatic rings. The highest BCUT2D eigenvalue weighted by atomic mass is 32.1. The minimum Gasteiger partial charge on any atom is -0.454 e. The van der Waals surface area contributed by atoms with Crippen molar-refractivity contribution in [1.82, 2.24) is 9.88 Å². The van der Waals surface area contributed by atoms with E-state index in [-0.39, 0.29) is 29.9 Å². The predicted molar refractivity (Wildman–Crippen MR) is 87.3 cm³/mol. The molecule has 24 heavy (non-hydrogen) atoms. The lowest BCUT2D eigenvalue weighted by molar-refractivity contribution is 0.0697. The molecule has 0 bridgehead atoms. The number of amides is 1. The van der Waals surface area contributed by atoms with Crippen LogP contribution in [0.25, 0.3) is 0 Å². The van der Waals surface area contributed by atoms with Crippen LogP contribution < -0.4 is 9.47 Å². The number of likely N-dealkylation sites (tertiary alicyclic amines) is 1. The van der Waals surface area contributed by atoms with Crippen LogP contribution >= 0.6 is 11.3 Å². The zero-order valence-electron chi connectivity index (χ0n) is 13.3. The Morgan fingerprint density at radius 1 is 1.42 bits per heavy atom.